The lowest BCUT2D eigenvalue weighted by Crippen LogP contribution is -2.04. The molecule has 0 saturated heterocycles. The first kappa shape index (κ1) is 11.8. The van der Waals surface area contributed by atoms with Crippen LogP contribution in [0.25, 0.3) is 11.3 Å². The second kappa shape index (κ2) is 3.84. The molecule has 0 bridgehead atoms. The molecule has 2 heterocycles. The second-order valence-electron chi connectivity index (χ2n) is 4.26. The van der Waals surface area contributed by atoms with Crippen LogP contribution < -0.4 is 5.32 Å². The fraction of sp³-hybridized carbons (Fsp3) is 0.167. The molecule has 2 aromatic rings. The van der Waals surface area contributed by atoms with Gasteiger partial charge in [-0.2, -0.15) is 18.3 Å². The molecular formula is C12H8F3N3O. The maximum absolute atomic E-state index is 12.5. The van der Waals surface area contributed by atoms with Crippen LogP contribution in [0.1, 0.15) is 11.3 Å². The summed E-state index contributed by atoms with van der Waals surface area (Å²) < 4.78 is 37.4. The zero-order valence-corrected chi connectivity index (χ0v) is 9.51. The lowest BCUT2D eigenvalue weighted by molar-refractivity contribution is -0.141. The van der Waals surface area contributed by atoms with Crippen molar-refractivity contribution in [2.45, 2.75) is 12.6 Å². The van der Waals surface area contributed by atoms with Gasteiger partial charge >= 0.3 is 6.18 Å². The number of H-pyrrole nitrogens is 1. The molecule has 0 atom stereocenters. The molecule has 1 aromatic heterocycles. The van der Waals surface area contributed by atoms with E-state index in [1.165, 1.54) is 0 Å². The average Bonchev–Trinajstić information content (AvgIpc) is 2.90. The third-order valence-electron chi connectivity index (χ3n) is 2.91. The summed E-state index contributed by atoms with van der Waals surface area (Å²) in [5, 5.41) is 8.27. The van der Waals surface area contributed by atoms with Gasteiger partial charge in [-0.25, -0.2) is 0 Å². The van der Waals surface area contributed by atoms with E-state index in [-0.39, 0.29) is 18.0 Å². The molecule has 19 heavy (non-hydrogen) atoms. The van der Waals surface area contributed by atoms with Crippen molar-refractivity contribution in [2.75, 3.05) is 5.32 Å². The summed E-state index contributed by atoms with van der Waals surface area (Å²) in [6.07, 6.45) is -4.21. The molecule has 2 N–H and O–H groups in total. The molecule has 0 saturated carbocycles. The Morgan fingerprint density at radius 3 is 2.68 bits per heavy atom. The van der Waals surface area contributed by atoms with Gasteiger partial charge in [-0.15, -0.1) is 0 Å². The number of hydrogen-bond acceptors (Lipinski definition) is 2. The number of amides is 1. The normalized spacial score (nSPS) is 14.4. The standard InChI is InChI=1S/C12H8F3N3O/c13-12(14,15)10-5-9(17-18-10)6-1-2-8-7(3-6)4-11(19)16-8/h1-3,5H,4H2,(H,16,19)(H,17,18). The summed E-state index contributed by atoms with van der Waals surface area (Å²) in [7, 11) is 0. The zero-order valence-electron chi connectivity index (χ0n) is 9.51. The van der Waals surface area contributed by atoms with E-state index in [1.54, 1.807) is 18.2 Å². The van der Waals surface area contributed by atoms with E-state index in [0.29, 0.717) is 11.3 Å². The van der Waals surface area contributed by atoms with E-state index < -0.39 is 11.9 Å². The molecule has 1 amide bonds. The van der Waals surface area contributed by atoms with Gasteiger partial charge in [0.25, 0.3) is 0 Å². The van der Waals surface area contributed by atoms with Crippen LogP contribution in [0.3, 0.4) is 0 Å². The molecule has 0 unspecified atom stereocenters. The van der Waals surface area contributed by atoms with Crippen LogP contribution in [0.15, 0.2) is 24.3 Å². The van der Waals surface area contributed by atoms with Gasteiger partial charge in [-0.05, 0) is 23.8 Å². The fourth-order valence-electron chi connectivity index (χ4n) is 2.00. The molecular weight excluding hydrogens is 259 g/mol. The molecule has 0 radical (unpaired) electrons. The van der Waals surface area contributed by atoms with Crippen molar-refractivity contribution >= 4 is 11.6 Å². The summed E-state index contributed by atoms with van der Waals surface area (Å²) in [5.74, 6) is -0.120. The Bertz CT molecular complexity index is 660. The number of nitrogens with one attached hydrogen (secondary N) is 2. The first-order valence-electron chi connectivity index (χ1n) is 5.49. The van der Waals surface area contributed by atoms with E-state index in [4.69, 9.17) is 0 Å². The van der Waals surface area contributed by atoms with E-state index in [1.807, 2.05) is 5.10 Å². The number of carbonyl (C=O) groups is 1. The van der Waals surface area contributed by atoms with E-state index in [0.717, 1.165) is 11.6 Å². The summed E-state index contributed by atoms with van der Waals surface area (Å²) in [4.78, 5) is 11.2. The molecule has 7 heteroatoms. The first-order valence-corrected chi connectivity index (χ1v) is 5.49. The van der Waals surface area contributed by atoms with Gasteiger partial charge in [-0.3, -0.25) is 9.89 Å². The summed E-state index contributed by atoms with van der Waals surface area (Å²) >= 11 is 0. The Hall–Kier alpha value is -2.31. The van der Waals surface area contributed by atoms with Crippen molar-refractivity contribution in [1.29, 1.82) is 0 Å². The van der Waals surface area contributed by atoms with Crippen molar-refractivity contribution < 1.29 is 18.0 Å². The number of carbonyl (C=O) groups excluding carboxylic acids is 1. The average molecular weight is 267 g/mol. The number of nitrogens with zero attached hydrogens (tertiary/aromatic N) is 1. The van der Waals surface area contributed by atoms with Gasteiger partial charge in [0, 0.05) is 11.3 Å². The number of halogens is 3. The summed E-state index contributed by atoms with van der Waals surface area (Å²) in [5.41, 5.74) is 1.31. The van der Waals surface area contributed by atoms with Crippen LogP contribution in [-0.2, 0) is 17.4 Å². The van der Waals surface area contributed by atoms with Crippen molar-refractivity contribution in [3.05, 3.63) is 35.5 Å². The third-order valence-corrected chi connectivity index (χ3v) is 2.91. The van der Waals surface area contributed by atoms with Crippen LogP contribution in [0.2, 0.25) is 0 Å². The summed E-state index contributed by atoms with van der Waals surface area (Å²) in [6.45, 7) is 0. The third kappa shape index (κ3) is 2.07. The highest BCUT2D eigenvalue weighted by molar-refractivity contribution is 5.99. The largest absolute Gasteiger partial charge is 0.432 e. The highest BCUT2D eigenvalue weighted by atomic mass is 19.4. The van der Waals surface area contributed by atoms with Crippen LogP contribution in [0.5, 0.6) is 0 Å². The summed E-state index contributed by atoms with van der Waals surface area (Å²) in [6, 6.07) is 5.91. The number of hydrogen-bond donors (Lipinski definition) is 2. The highest BCUT2D eigenvalue weighted by Gasteiger charge is 2.33. The molecule has 0 spiro atoms. The quantitative estimate of drug-likeness (QED) is 0.834. The smallest absolute Gasteiger partial charge is 0.326 e. The van der Waals surface area contributed by atoms with Crippen LogP contribution in [-0.4, -0.2) is 16.1 Å². The van der Waals surface area contributed by atoms with E-state index in [2.05, 4.69) is 10.4 Å². The highest BCUT2D eigenvalue weighted by Crippen LogP contribution is 2.32. The Morgan fingerprint density at radius 2 is 2.00 bits per heavy atom. The Kier molecular flexibility index (Phi) is 2.38. The number of aromatic nitrogens is 2. The van der Waals surface area contributed by atoms with Crippen LogP contribution >= 0.6 is 0 Å². The molecule has 0 fully saturated rings. The molecule has 0 aliphatic carbocycles. The van der Waals surface area contributed by atoms with Gasteiger partial charge in [0.15, 0.2) is 0 Å². The number of benzene rings is 1. The van der Waals surface area contributed by atoms with Crippen molar-refractivity contribution in [3.63, 3.8) is 0 Å². The molecule has 1 aromatic carbocycles. The van der Waals surface area contributed by atoms with Crippen LogP contribution in [0.4, 0.5) is 18.9 Å². The fourth-order valence-corrected chi connectivity index (χ4v) is 2.00. The minimum atomic E-state index is -4.44. The van der Waals surface area contributed by atoms with Gasteiger partial charge in [-0.1, -0.05) is 6.07 Å². The van der Waals surface area contributed by atoms with Crippen LogP contribution in [0, 0.1) is 0 Å². The minimum absolute atomic E-state index is 0.120. The van der Waals surface area contributed by atoms with E-state index in [9.17, 15) is 18.0 Å². The zero-order chi connectivity index (χ0) is 13.6. The molecule has 3 rings (SSSR count). The monoisotopic (exact) mass is 267 g/mol. The number of anilines is 1. The van der Waals surface area contributed by atoms with Gasteiger partial charge in [0.2, 0.25) is 5.91 Å². The lowest BCUT2D eigenvalue weighted by atomic mass is 10.1. The van der Waals surface area contributed by atoms with Gasteiger partial charge < -0.3 is 5.32 Å². The second-order valence-corrected chi connectivity index (χ2v) is 4.26. The SMILES string of the molecule is O=C1Cc2cc(-c3cc(C(F)(F)F)[nH]n3)ccc2N1. The topological polar surface area (TPSA) is 57.8 Å². The van der Waals surface area contributed by atoms with Crippen molar-refractivity contribution in [3.8, 4) is 11.3 Å². The number of aromatic amines is 1. The van der Waals surface area contributed by atoms with E-state index >= 15 is 0 Å². The Labute approximate surface area is 105 Å². The maximum Gasteiger partial charge on any atom is 0.432 e. The lowest BCUT2D eigenvalue weighted by Gasteiger charge is -2.01. The number of fused-ring (bicyclic) bond motifs is 1. The maximum atomic E-state index is 12.5. The van der Waals surface area contributed by atoms with Gasteiger partial charge in [0.1, 0.15) is 5.69 Å². The molecule has 98 valence electrons. The Morgan fingerprint density at radius 1 is 1.21 bits per heavy atom. The Balaban J connectivity index is 1.97. The van der Waals surface area contributed by atoms with Gasteiger partial charge in [0.05, 0.1) is 12.1 Å². The predicted octanol–water partition coefficient (Wildman–Crippen LogP) is 2.59. The number of rotatable bonds is 1. The molecule has 4 nitrogen and oxygen atoms in total. The predicted molar refractivity (Wildman–Crippen MR) is 61.4 cm³/mol. The molecule has 1 aliphatic rings. The van der Waals surface area contributed by atoms with Crippen molar-refractivity contribution in [1.82, 2.24) is 10.2 Å². The van der Waals surface area contributed by atoms with Crippen molar-refractivity contribution in [2.24, 2.45) is 0 Å². The number of alkyl halides is 3. The first-order chi connectivity index (χ1) is 8.93. The minimum Gasteiger partial charge on any atom is -0.326 e. The molecule has 1 aliphatic heterocycles.